The summed E-state index contributed by atoms with van der Waals surface area (Å²) in [5.74, 6) is -0.490. The molecule has 0 bridgehead atoms. The van der Waals surface area contributed by atoms with Crippen LogP contribution in [0.15, 0.2) is 18.2 Å². The van der Waals surface area contributed by atoms with E-state index in [2.05, 4.69) is 18.3 Å². The fourth-order valence-electron chi connectivity index (χ4n) is 2.99. The van der Waals surface area contributed by atoms with Crippen molar-refractivity contribution in [3.05, 3.63) is 29.3 Å². The first-order chi connectivity index (χ1) is 10.5. The van der Waals surface area contributed by atoms with E-state index < -0.39 is 0 Å². The summed E-state index contributed by atoms with van der Waals surface area (Å²) in [5.41, 5.74) is 8.75. The van der Waals surface area contributed by atoms with Crippen LogP contribution in [0.25, 0.3) is 0 Å². The Bertz CT molecular complexity index is 557. The van der Waals surface area contributed by atoms with E-state index in [9.17, 15) is 9.59 Å². The molecule has 0 aromatic heterocycles. The lowest BCUT2D eigenvalue weighted by atomic mass is 9.97. The fraction of sp³-hybridized carbons (Fsp3) is 0.529. The summed E-state index contributed by atoms with van der Waals surface area (Å²) in [4.78, 5) is 25.4. The summed E-state index contributed by atoms with van der Waals surface area (Å²) >= 11 is 0. The maximum absolute atomic E-state index is 12.4. The quantitative estimate of drug-likeness (QED) is 0.869. The highest BCUT2D eigenvalue weighted by Crippen LogP contribution is 2.21. The number of rotatable bonds is 5. The first-order valence-electron chi connectivity index (χ1n) is 7.92. The molecule has 5 nitrogen and oxygen atoms in total. The van der Waals surface area contributed by atoms with E-state index in [1.165, 1.54) is 5.56 Å². The molecule has 1 aromatic rings. The number of hydrogen-bond acceptors (Lipinski definition) is 3. The number of nitrogens with zero attached hydrogens (tertiary/aromatic N) is 1. The first-order valence-corrected chi connectivity index (χ1v) is 7.92. The number of nitrogens with two attached hydrogens (primary N) is 1. The number of piperidine rings is 1. The average molecular weight is 303 g/mol. The minimum atomic E-state index is -0.308. The molecule has 1 heterocycles. The van der Waals surface area contributed by atoms with Gasteiger partial charge in [0.1, 0.15) is 0 Å². The summed E-state index contributed by atoms with van der Waals surface area (Å²) in [7, 11) is 0. The maximum atomic E-state index is 12.4. The molecule has 1 atom stereocenters. The van der Waals surface area contributed by atoms with Gasteiger partial charge >= 0.3 is 0 Å². The second-order valence-electron chi connectivity index (χ2n) is 5.90. The minimum absolute atomic E-state index is 0.0243. The Hall–Kier alpha value is -2.04. The van der Waals surface area contributed by atoms with Gasteiger partial charge < -0.3 is 16.0 Å². The van der Waals surface area contributed by atoms with Gasteiger partial charge in [-0.25, -0.2) is 0 Å². The molecular formula is C17H25N3O2. The van der Waals surface area contributed by atoms with Crippen molar-refractivity contribution in [1.82, 2.24) is 4.90 Å². The molecule has 22 heavy (non-hydrogen) atoms. The largest absolute Gasteiger partial charge is 0.376 e. The number of carbonyl (C=O) groups excluding carboxylic acids is 2. The molecule has 1 aromatic carbocycles. The van der Waals surface area contributed by atoms with Crippen LogP contribution in [-0.2, 0) is 16.0 Å². The first kappa shape index (κ1) is 16.3. The third-order valence-corrected chi connectivity index (χ3v) is 4.33. The fourth-order valence-corrected chi connectivity index (χ4v) is 2.99. The predicted octanol–water partition coefficient (Wildman–Crippen LogP) is 1.69. The average Bonchev–Trinajstić information content (AvgIpc) is 2.53. The van der Waals surface area contributed by atoms with Gasteiger partial charge in [-0.05, 0) is 37.3 Å². The molecule has 0 saturated carbocycles. The third kappa shape index (κ3) is 3.78. The second kappa shape index (κ2) is 7.29. The van der Waals surface area contributed by atoms with Crippen molar-refractivity contribution in [3.8, 4) is 0 Å². The van der Waals surface area contributed by atoms with E-state index in [1.807, 2.05) is 19.1 Å². The number of hydrogen-bond donors (Lipinski definition) is 2. The molecule has 2 rings (SSSR count). The molecule has 3 N–H and O–H groups in total. The van der Waals surface area contributed by atoms with E-state index in [0.29, 0.717) is 13.1 Å². The van der Waals surface area contributed by atoms with Crippen molar-refractivity contribution in [2.24, 2.45) is 11.7 Å². The molecular weight excluding hydrogens is 278 g/mol. The van der Waals surface area contributed by atoms with Crippen LogP contribution in [0.4, 0.5) is 5.69 Å². The van der Waals surface area contributed by atoms with Crippen molar-refractivity contribution >= 4 is 17.5 Å². The smallest absolute Gasteiger partial charge is 0.241 e. The van der Waals surface area contributed by atoms with E-state index in [1.54, 1.807) is 4.90 Å². The molecule has 1 unspecified atom stereocenters. The van der Waals surface area contributed by atoms with Gasteiger partial charge in [0, 0.05) is 18.8 Å². The Morgan fingerprint density at radius 3 is 2.86 bits per heavy atom. The van der Waals surface area contributed by atoms with E-state index in [4.69, 9.17) is 5.73 Å². The van der Waals surface area contributed by atoms with Gasteiger partial charge in [0.25, 0.3) is 0 Å². The Labute approximate surface area is 131 Å². The van der Waals surface area contributed by atoms with Gasteiger partial charge in [-0.1, -0.05) is 25.1 Å². The number of aryl methyl sites for hydroxylation is 2. The zero-order valence-corrected chi connectivity index (χ0v) is 13.4. The second-order valence-corrected chi connectivity index (χ2v) is 5.90. The number of para-hydroxylation sites is 1. The van der Waals surface area contributed by atoms with Gasteiger partial charge in [-0.15, -0.1) is 0 Å². The Kier molecular flexibility index (Phi) is 5.41. The molecule has 5 heteroatoms. The number of benzene rings is 1. The molecule has 1 aliphatic rings. The number of carbonyl (C=O) groups is 2. The Morgan fingerprint density at radius 1 is 1.41 bits per heavy atom. The lowest BCUT2D eigenvalue weighted by Gasteiger charge is -2.31. The van der Waals surface area contributed by atoms with E-state index in [0.717, 1.165) is 30.5 Å². The van der Waals surface area contributed by atoms with Crippen molar-refractivity contribution in [1.29, 1.82) is 0 Å². The van der Waals surface area contributed by atoms with Crippen LogP contribution >= 0.6 is 0 Å². The van der Waals surface area contributed by atoms with Crippen LogP contribution < -0.4 is 11.1 Å². The number of amides is 2. The van der Waals surface area contributed by atoms with Crippen LogP contribution in [-0.4, -0.2) is 36.3 Å². The van der Waals surface area contributed by atoms with Crippen LogP contribution in [0.1, 0.15) is 30.9 Å². The van der Waals surface area contributed by atoms with Crippen molar-refractivity contribution in [2.75, 3.05) is 25.0 Å². The van der Waals surface area contributed by atoms with Crippen molar-refractivity contribution in [3.63, 3.8) is 0 Å². The lowest BCUT2D eigenvalue weighted by Crippen LogP contribution is -2.46. The number of likely N-dealkylation sites (tertiary alicyclic amines) is 1. The van der Waals surface area contributed by atoms with Gasteiger partial charge in [0.2, 0.25) is 11.8 Å². The van der Waals surface area contributed by atoms with Gasteiger partial charge in [-0.3, -0.25) is 9.59 Å². The zero-order chi connectivity index (χ0) is 16.1. The van der Waals surface area contributed by atoms with Crippen molar-refractivity contribution in [2.45, 2.75) is 33.1 Å². The van der Waals surface area contributed by atoms with E-state index >= 15 is 0 Å². The molecule has 2 amide bonds. The summed E-state index contributed by atoms with van der Waals surface area (Å²) in [6.45, 7) is 5.55. The lowest BCUT2D eigenvalue weighted by molar-refractivity contribution is -0.133. The summed E-state index contributed by atoms with van der Waals surface area (Å²) in [5, 5.41) is 3.27. The monoisotopic (exact) mass is 303 g/mol. The number of anilines is 1. The highest BCUT2D eigenvalue weighted by molar-refractivity contribution is 5.83. The predicted molar refractivity (Wildman–Crippen MR) is 87.5 cm³/mol. The minimum Gasteiger partial charge on any atom is -0.376 e. The third-order valence-electron chi connectivity index (χ3n) is 4.33. The molecule has 0 spiro atoms. The summed E-state index contributed by atoms with van der Waals surface area (Å²) < 4.78 is 0. The van der Waals surface area contributed by atoms with Gasteiger partial charge in [-0.2, -0.15) is 0 Å². The number of nitrogens with one attached hydrogen (secondary N) is 1. The molecule has 120 valence electrons. The maximum Gasteiger partial charge on any atom is 0.241 e. The van der Waals surface area contributed by atoms with E-state index in [-0.39, 0.29) is 24.3 Å². The molecule has 1 fully saturated rings. The zero-order valence-electron chi connectivity index (χ0n) is 13.4. The SMILES string of the molecule is CCc1cccc(C)c1NCC(=O)N1CCCC(C(N)=O)C1. The van der Waals surface area contributed by atoms with Crippen LogP contribution in [0, 0.1) is 12.8 Å². The summed E-state index contributed by atoms with van der Waals surface area (Å²) in [6, 6.07) is 6.14. The normalized spacial score (nSPS) is 18.1. The topological polar surface area (TPSA) is 75.4 Å². The molecule has 0 aliphatic carbocycles. The van der Waals surface area contributed by atoms with Crippen LogP contribution in [0.3, 0.4) is 0 Å². The van der Waals surface area contributed by atoms with Crippen molar-refractivity contribution < 1.29 is 9.59 Å². The molecule has 1 saturated heterocycles. The number of primary amides is 1. The van der Waals surface area contributed by atoms with Crippen LogP contribution in [0.2, 0.25) is 0 Å². The Balaban J connectivity index is 1.97. The highest BCUT2D eigenvalue weighted by atomic mass is 16.2. The van der Waals surface area contributed by atoms with Gasteiger partial charge in [0.05, 0.1) is 12.5 Å². The summed E-state index contributed by atoms with van der Waals surface area (Å²) in [6.07, 6.45) is 2.54. The van der Waals surface area contributed by atoms with Crippen LogP contribution in [0.5, 0.6) is 0 Å². The van der Waals surface area contributed by atoms with Gasteiger partial charge in [0.15, 0.2) is 0 Å². The standard InChI is InChI=1S/C17H25N3O2/c1-3-13-7-4-6-12(2)16(13)19-10-15(21)20-9-5-8-14(11-20)17(18)22/h4,6-7,14,19H,3,5,8-11H2,1-2H3,(H2,18,22). The molecule has 0 radical (unpaired) electrons. The molecule has 1 aliphatic heterocycles. The Morgan fingerprint density at radius 2 is 2.18 bits per heavy atom. The highest BCUT2D eigenvalue weighted by Gasteiger charge is 2.26.